The predicted octanol–water partition coefficient (Wildman–Crippen LogP) is 3.11. The van der Waals surface area contributed by atoms with Crippen LogP contribution in [0.2, 0.25) is 0 Å². The molecule has 3 heteroatoms. The van der Waals surface area contributed by atoms with Gasteiger partial charge < -0.3 is 15.2 Å². The van der Waals surface area contributed by atoms with Gasteiger partial charge in [0.25, 0.3) is 0 Å². The molecule has 0 bridgehead atoms. The van der Waals surface area contributed by atoms with E-state index in [1.54, 1.807) is 7.11 Å². The minimum absolute atomic E-state index is 0.532. The van der Waals surface area contributed by atoms with Gasteiger partial charge in [0.15, 0.2) is 11.5 Å². The fourth-order valence-corrected chi connectivity index (χ4v) is 2.52. The molecule has 1 aromatic carbocycles. The van der Waals surface area contributed by atoms with Crippen LogP contribution in [0.1, 0.15) is 37.7 Å². The summed E-state index contributed by atoms with van der Waals surface area (Å²) in [5.74, 6) is 2.32. The smallest absolute Gasteiger partial charge is 0.161 e. The van der Waals surface area contributed by atoms with E-state index in [-0.39, 0.29) is 0 Å². The lowest BCUT2D eigenvalue weighted by Gasteiger charge is -2.22. The highest BCUT2D eigenvalue weighted by molar-refractivity contribution is 5.42. The molecule has 0 unspecified atom stereocenters. The van der Waals surface area contributed by atoms with Gasteiger partial charge in [0, 0.05) is 6.54 Å². The molecule has 0 aromatic heterocycles. The van der Waals surface area contributed by atoms with Crippen LogP contribution >= 0.6 is 0 Å². The molecule has 1 fully saturated rings. The summed E-state index contributed by atoms with van der Waals surface area (Å²) in [5, 5.41) is 0. The van der Waals surface area contributed by atoms with Crippen molar-refractivity contribution in [2.24, 2.45) is 11.7 Å². The Hall–Kier alpha value is -1.22. The van der Waals surface area contributed by atoms with Crippen molar-refractivity contribution in [3.05, 3.63) is 23.8 Å². The molecule has 1 aromatic rings. The van der Waals surface area contributed by atoms with Gasteiger partial charge in [0.1, 0.15) is 0 Å². The van der Waals surface area contributed by atoms with Gasteiger partial charge in [-0.15, -0.1) is 0 Å². The van der Waals surface area contributed by atoms with Crippen LogP contribution in [-0.4, -0.2) is 13.7 Å². The monoisotopic (exact) mass is 249 g/mol. The summed E-state index contributed by atoms with van der Waals surface area (Å²) in [6, 6.07) is 5.90. The van der Waals surface area contributed by atoms with Crippen LogP contribution in [0.25, 0.3) is 0 Å². The Morgan fingerprint density at radius 2 is 1.94 bits per heavy atom. The first kappa shape index (κ1) is 13.2. The summed E-state index contributed by atoms with van der Waals surface area (Å²) in [7, 11) is 1.67. The molecule has 1 aliphatic rings. The highest BCUT2D eigenvalue weighted by Gasteiger charge is 2.15. The Kier molecular flexibility index (Phi) is 4.88. The SMILES string of the molecule is COc1ccc(CN)cc1OCC1CCCCC1. The number of nitrogens with two attached hydrogens (primary N) is 1. The maximum absolute atomic E-state index is 5.93. The van der Waals surface area contributed by atoms with Gasteiger partial charge in [-0.05, 0) is 36.5 Å². The van der Waals surface area contributed by atoms with Gasteiger partial charge in [-0.1, -0.05) is 25.3 Å². The predicted molar refractivity (Wildman–Crippen MR) is 73.0 cm³/mol. The van der Waals surface area contributed by atoms with Crippen molar-refractivity contribution < 1.29 is 9.47 Å². The Labute approximate surface area is 109 Å². The molecular weight excluding hydrogens is 226 g/mol. The molecule has 0 saturated heterocycles. The highest BCUT2D eigenvalue weighted by atomic mass is 16.5. The molecular formula is C15H23NO2. The van der Waals surface area contributed by atoms with E-state index >= 15 is 0 Å². The van der Waals surface area contributed by atoms with Crippen molar-refractivity contribution in [3.8, 4) is 11.5 Å². The second kappa shape index (κ2) is 6.64. The van der Waals surface area contributed by atoms with Crippen LogP contribution in [0, 0.1) is 5.92 Å². The highest BCUT2D eigenvalue weighted by Crippen LogP contribution is 2.30. The van der Waals surface area contributed by atoms with E-state index in [1.807, 2.05) is 18.2 Å². The van der Waals surface area contributed by atoms with Gasteiger partial charge in [-0.25, -0.2) is 0 Å². The van der Waals surface area contributed by atoms with Crippen molar-refractivity contribution in [1.29, 1.82) is 0 Å². The fourth-order valence-electron chi connectivity index (χ4n) is 2.52. The second-order valence-corrected chi connectivity index (χ2v) is 5.00. The minimum Gasteiger partial charge on any atom is -0.493 e. The third-order valence-corrected chi connectivity index (χ3v) is 3.66. The van der Waals surface area contributed by atoms with Gasteiger partial charge in [-0.2, -0.15) is 0 Å². The van der Waals surface area contributed by atoms with E-state index < -0.39 is 0 Å². The number of benzene rings is 1. The molecule has 100 valence electrons. The number of methoxy groups -OCH3 is 1. The van der Waals surface area contributed by atoms with Crippen molar-refractivity contribution in [2.75, 3.05) is 13.7 Å². The third kappa shape index (κ3) is 3.39. The zero-order chi connectivity index (χ0) is 12.8. The molecule has 1 saturated carbocycles. The van der Waals surface area contributed by atoms with Crippen molar-refractivity contribution in [2.45, 2.75) is 38.6 Å². The standard InChI is InChI=1S/C15H23NO2/c1-17-14-8-7-13(10-16)9-15(14)18-11-12-5-3-2-4-6-12/h7-9,12H,2-6,10-11,16H2,1H3. The van der Waals surface area contributed by atoms with E-state index in [0.29, 0.717) is 12.5 Å². The fraction of sp³-hybridized carbons (Fsp3) is 0.600. The molecule has 0 atom stereocenters. The Morgan fingerprint density at radius 3 is 2.61 bits per heavy atom. The van der Waals surface area contributed by atoms with E-state index in [2.05, 4.69) is 0 Å². The van der Waals surface area contributed by atoms with Gasteiger partial charge in [0.05, 0.1) is 13.7 Å². The van der Waals surface area contributed by atoms with Crippen LogP contribution < -0.4 is 15.2 Å². The first-order chi connectivity index (χ1) is 8.83. The second-order valence-electron chi connectivity index (χ2n) is 5.00. The van der Waals surface area contributed by atoms with Crippen LogP contribution in [0.4, 0.5) is 0 Å². The summed E-state index contributed by atoms with van der Waals surface area (Å²) in [6.45, 7) is 1.33. The van der Waals surface area contributed by atoms with Gasteiger partial charge in [0.2, 0.25) is 0 Å². The number of hydrogen-bond acceptors (Lipinski definition) is 3. The van der Waals surface area contributed by atoms with Crippen molar-refractivity contribution in [3.63, 3.8) is 0 Å². The molecule has 1 aliphatic carbocycles. The van der Waals surface area contributed by atoms with Crippen LogP contribution in [0.3, 0.4) is 0 Å². The minimum atomic E-state index is 0.532. The summed E-state index contributed by atoms with van der Waals surface area (Å²) in [4.78, 5) is 0. The summed E-state index contributed by atoms with van der Waals surface area (Å²) in [6.07, 6.45) is 6.64. The van der Waals surface area contributed by atoms with Gasteiger partial charge in [-0.3, -0.25) is 0 Å². The zero-order valence-corrected chi connectivity index (χ0v) is 11.2. The lowest BCUT2D eigenvalue weighted by molar-refractivity contribution is 0.202. The molecule has 0 aliphatic heterocycles. The van der Waals surface area contributed by atoms with E-state index in [4.69, 9.17) is 15.2 Å². The lowest BCUT2D eigenvalue weighted by atomic mass is 9.90. The third-order valence-electron chi connectivity index (χ3n) is 3.66. The topological polar surface area (TPSA) is 44.5 Å². The first-order valence-corrected chi connectivity index (χ1v) is 6.83. The van der Waals surface area contributed by atoms with Gasteiger partial charge >= 0.3 is 0 Å². The van der Waals surface area contributed by atoms with Crippen LogP contribution in [0.5, 0.6) is 11.5 Å². The Morgan fingerprint density at radius 1 is 1.17 bits per heavy atom. The largest absolute Gasteiger partial charge is 0.493 e. The normalized spacial score (nSPS) is 16.6. The Bertz CT molecular complexity index is 373. The van der Waals surface area contributed by atoms with Crippen molar-refractivity contribution in [1.82, 2.24) is 0 Å². The quantitative estimate of drug-likeness (QED) is 0.872. The number of hydrogen-bond donors (Lipinski definition) is 1. The summed E-state index contributed by atoms with van der Waals surface area (Å²) >= 11 is 0. The zero-order valence-electron chi connectivity index (χ0n) is 11.2. The molecule has 0 amide bonds. The van der Waals surface area contributed by atoms with E-state index in [1.165, 1.54) is 32.1 Å². The first-order valence-electron chi connectivity index (χ1n) is 6.83. The van der Waals surface area contributed by atoms with Crippen molar-refractivity contribution >= 4 is 0 Å². The summed E-state index contributed by atoms with van der Waals surface area (Å²) < 4.78 is 11.2. The van der Waals surface area contributed by atoms with E-state index in [9.17, 15) is 0 Å². The molecule has 2 N–H and O–H groups in total. The van der Waals surface area contributed by atoms with Crippen LogP contribution in [-0.2, 0) is 6.54 Å². The summed E-state index contributed by atoms with van der Waals surface area (Å²) in [5.41, 5.74) is 6.73. The number of rotatable bonds is 5. The molecule has 18 heavy (non-hydrogen) atoms. The molecule has 3 nitrogen and oxygen atoms in total. The Balaban J connectivity index is 1.97. The maximum atomic E-state index is 5.93. The lowest BCUT2D eigenvalue weighted by Crippen LogP contribution is -2.15. The number of ether oxygens (including phenoxy) is 2. The molecule has 0 heterocycles. The molecule has 0 radical (unpaired) electrons. The van der Waals surface area contributed by atoms with Crippen LogP contribution in [0.15, 0.2) is 18.2 Å². The molecule has 0 spiro atoms. The maximum Gasteiger partial charge on any atom is 0.161 e. The average molecular weight is 249 g/mol. The average Bonchev–Trinajstić information content (AvgIpc) is 2.45. The molecule has 2 rings (SSSR count). The van der Waals surface area contributed by atoms with E-state index in [0.717, 1.165) is 23.7 Å².